The van der Waals surface area contributed by atoms with E-state index in [9.17, 15) is 14.7 Å². The summed E-state index contributed by atoms with van der Waals surface area (Å²) in [5.74, 6) is 2.82. The molecule has 0 aromatic rings. The first-order valence-corrected chi connectivity index (χ1v) is 13.7. The number of ketones is 1. The molecule has 4 rings (SSSR count). The zero-order valence-corrected chi connectivity index (χ0v) is 22.4. The topological polar surface area (TPSA) is 63.6 Å². The molecule has 4 nitrogen and oxygen atoms in total. The van der Waals surface area contributed by atoms with E-state index in [-0.39, 0.29) is 13.0 Å². The Balaban J connectivity index is 1.57. The van der Waals surface area contributed by atoms with Crippen molar-refractivity contribution < 1.29 is 19.4 Å². The van der Waals surface area contributed by atoms with Gasteiger partial charge in [0, 0.05) is 17.4 Å². The van der Waals surface area contributed by atoms with Gasteiger partial charge in [0.15, 0.2) is 0 Å². The highest BCUT2D eigenvalue weighted by Crippen LogP contribution is 2.68. The highest BCUT2D eigenvalue weighted by molar-refractivity contribution is 6.18. The zero-order chi connectivity index (χ0) is 25.1. The molecule has 0 aromatic carbocycles. The molecule has 34 heavy (non-hydrogen) atoms. The SMILES string of the molecule is CCOC(=O)[C@]1(O)C[C@@]2(C)C(=CC[C@H]3[C@@H]4CC[C@H]([C@H](C)/C=C/C(C)C(C)C)[C@@]4(C)CC[C@@H]32)C1=O. The fourth-order valence-electron chi connectivity index (χ4n) is 8.53. The van der Waals surface area contributed by atoms with Gasteiger partial charge in [0.05, 0.1) is 6.61 Å². The lowest BCUT2D eigenvalue weighted by Crippen LogP contribution is -2.49. The fraction of sp³-hybridized carbons (Fsp3) is 0.800. The summed E-state index contributed by atoms with van der Waals surface area (Å²) >= 11 is 0. The zero-order valence-electron chi connectivity index (χ0n) is 22.4. The number of fused-ring (bicyclic) bond motifs is 5. The van der Waals surface area contributed by atoms with Gasteiger partial charge in [-0.2, -0.15) is 0 Å². The maximum Gasteiger partial charge on any atom is 0.346 e. The maximum atomic E-state index is 13.2. The van der Waals surface area contributed by atoms with E-state index in [4.69, 9.17) is 4.74 Å². The molecule has 3 saturated carbocycles. The summed E-state index contributed by atoms with van der Waals surface area (Å²) in [5, 5.41) is 11.2. The van der Waals surface area contributed by atoms with Crippen molar-refractivity contribution in [2.24, 2.45) is 52.3 Å². The summed E-state index contributed by atoms with van der Waals surface area (Å²) in [6.07, 6.45) is 12.8. The molecule has 4 aliphatic carbocycles. The van der Waals surface area contributed by atoms with Crippen LogP contribution in [-0.4, -0.2) is 29.1 Å². The first-order valence-electron chi connectivity index (χ1n) is 13.7. The third-order valence-electron chi connectivity index (χ3n) is 10.8. The molecule has 1 unspecified atom stereocenters. The molecule has 0 aliphatic heterocycles. The minimum absolute atomic E-state index is 0.167. The van der Waals surface area contributed by atoms with Crippen molar-refractivity contribution in [3.63, 3.8) is 0 Å². The third-order valence-corrected chi connectivity index (χ3v) is 10.8. The molecule has 0 saturated heterocycles. The quantitative estimate of drug-likeness (QED) is 0.288. The van der Waals surface area contributed by atoms with Crippen LogP contribution in [0, 0.1) is 52.3 Å². The summed E-state index contributed by atoms with van der Waals surface area (Å²) in [5.41, 5.74) is -1.47. The van der Waals surface area contributed by atoms with Crippen LogP contribution in [0.2, 0.25) is 0 Å². The number of carbonyl (C=O) groups excluding carboxylic acids is 2. The standard InChI is InChI=1S/C30H46O4/c1-8-34-27(32)30(33)17-29(7)24-15-16-28(6)22(20(5)10-9-19(4)18(2)3)13-14-23(28)21(24)11-12-25(29)26(30)31/h9-10,12,18-24,33H,8,11,13-17H2,1-7H3/b10-9+/t19?,20-,21+,22-,23+,24+,28-,29-,30+/m1/s1. The molecule has 0 aromatic heterocycles. The van der Waals surface area contributed by atoms with Gasteiger partial charge in [0.25, 0.3) is 0 Å². The lowest BCUT2D eigenvalue weighted by molar-refractivity contribution is -0.169. The van der Waals surface area contributed by atoms with Crippen molar-refractivity contribution in [1.82, 2.24) is 0 Å². The van der Waals surface area contributed by atoms with Crippen molar-refractivity contribution in [2.45, 2.75) is 92.6 Å². The van der Waals surface area contributed by atoms with Crippen molar-refractivity contribution in [1.29, 1.82) is 0 Å². The number of rotatable bonds is 6. The fourth-order valence-corrected chi connectivity index (χ4v) is 8.53. The number of allylic oxidation sites excluding steroid dienone is 3. The van der Waals surface area contributed by atoms with Crippen LogP contribution < -0.4 is 0 Å². The Bertz CT molecular complexity index is 886. The number of esters is 1. The molecule has 0 radical (unpaired) electrons. The second kappa shape index (κ2) is 8.91. The number of hydrogen-bond donors (Lipinski definition) is 1. The third kappa shape index (κ3) is 3.74. The summed E-state index contributed by atoms with van der Waals surface area (Å²) in [7, 11) is 0. The second-order valence-electron chi connectivity index (χ2n) is 12.8. The van der Waals surface area contributed by atoms with E-state index in [0.717, 1.165) is 19.3 Å². The van der Waals surface area contributed by atoms with Crippen LogP contribution in [0.1, 0.15) is 87.0 Å². The molecule has 4 aliphatic rings. The van der Waals surface area contributed by atoms with Crippen LogP contribution in [0.4, 0.5) is 0 Å². The number of Topliss-reactive ketones (excluding diaryl/α,β-unsaturated/α-hetero) is 1. The highest BCUT2D eigenvalue weighted by atomic mass is 16.5. The van der Waals surface area contributed by atoms with Gasteiger partial charge in [0.2, 0.25) is 11.4 Å². The van der Waals surface area contributed by atoms with E-state index in [2.05, 4.69) is 59.8 Å². The Hall–Kier alpha value is -1.42. The molecule has 0 bridgehead atoms. The minimum atomic E-state index is -2.02. The first kappa shape index (κ1) is 25.7. The van der Waals surface area contributed by atoms with Crippen molar-refractivity contribution in [3.05, 3.63) is 23.8 Å². The molecular weight excluding hydrogens is 424 g/mol. The summed E-state index contributed by atoms with van der Waals surface area (Å²) in [6, 6.07) is 0. The van der Waals surface area contributed by atoms with Crippen molar-refractivity contribution in [2.75, 3.05) is 6.61 Å². The van der Waals surface area contributed by atoms with Gasteiger partial charge in [-0.05, 0) is 85.9 Å². The molecule has 4 heteroatoms. The van der Waals surface area contributed by atoms with Gasteiger partial charge in [-0.3, -0.25) is 4.79 Å². The molecule has 9 atom stereocenters. The largest absolute Gasteiger partial charge is 0.464 e. The monoisotopic (exact) mass is 470 g/mol. The molecule has 0 heterocycles. The van der Waals surface area contributed by atoms with Gasteiger partial charge in [-0.15, -0.1) is 0 Å². The molecule has 1 N–H and O–H groups in total. The second-order valence-corrected chi connectivity index (χ2v) is 12.8. The molecular formula is C30H46O4. The van der Waals surface area contributed by atoms with Gasteiger partial charge in [-0.1, -0.05) is 59.8 Å². The smallest absolute Gasteiger partial charge is 0.346 e. The lowest BCUT2D eigenvalue weighted by atomic mass is 9.49. The van der Waals surface area contributed by atoms with E-state index in [0.29, 0.717) is 52.4 Å². The number of aliphatic hydroxyl groups is 1. The summed E-state index contributed by atoms with van der Waals surface area (Å²) in [4.78, 5) is 25.8. The maximum absolute atomic E-state index is 13.2. The van der Waals surface area contributed by atoms with Crippen LogP contribution in [-0.2, 0) is 14.3 Å². The Morgan fingerprint density at radius 1 is 1.15 bits per heavy atom. The van der Waals surface area contributed by atoms with Gasteiger partial charge >= 0.3 is 5.97 Å². The van der Waals surface area contributed by atoms with Crippen LogP contribution in [0.15, 0.2) is 23.8 Å². The van der Waals surface area contributed by atoms with E-state index < -0.39 is 22.8 Å². The van der Waals surface area contributed by atoms with Crippen LogP contribution in [0.5, 0.6) is 0 Å². The average Bonchev–Trinajstić information content (AvgIpc) is 3.23. The molecule has 190 valence electrons. The molecule has 0 amide bonds. The summed E-state index contributed by atoms with van der Waals surface area (Å²) in [6.45, 7) is 15.8. The molecule has 3 fully saturated rings. The normalized spacial score (nSPS) is 43.3. The average molecular weight is 471 g/mol. The van der Waals surface area contributed by atoms with Crippen molar-refractivity contribution in [3.8, 4) is 0 Å². The van der Waals surface area contributed by atoms with Gasteiger partial charge in [0.1, 0.15) is 0 Å². The van der Waals surface area contributed by atoms with Crippen LogP contribution >= 0.6 is 0 Å². The number of carbonyl (C=O) groups is 2. The Morgan fingerprint density at radius 2 is 1.85 bits per heavy atom. The van der Waals surface area contributed by atoms with E-state index in [1.807, 2.05) is 0 Å². The predicted octanol–water partition coefficient (Wildman–Crippen LogP) is 6.13. The van der Waals surface area contributed by atoms with E-state index in [1.165, 1.54) is 12.8 Å². The number of hydrogen-bond acceptors (Lipinski definition) is 4. The summed E-state index contributed by atoms with van der Waals surface area (Å²) < 4.78 is 5.12. The van der Waals surface area contributed by atoms with E-state index >= 15 is 0 Å². The first-order chi connectivity index (χ1) is 15.9. The predicted molar refractivity (Wildman–Crippen MR) is 135 cm³/mol. The molecule has 0 spiro atoms. The lowest BCUT2D eigenvalue weighted by Gasteiger charge is -2.55. The van der Waals surface area contributed by atoms with Crippen molar-refractivity contribution >= 4 is 11.8 Å². The number of ether oxygens (including phenoxy) is 1. The van der Waals surface area contributed by atoms with E-state index in [1.54, 1.807) is 6.92 Å². The van der Waals surface area contributed by atoms with Gasteiger partial charge in [-0.25, -0.2) is 4.79 Å². The Morgan fingerprint density at radius 3 is 2.50 bits per heavy atom. The Labute approximate surface area is 206 Å². The minimum Gasteiger partial charge on any atom is -0.464 e. The van der Waals surface area contributed by atoms with Gasteiger partial charge < -0.3 is 9.84 Å². The highest BCUT2D eigenvalue weighted by Gasteiger charge is 2.67. The van der Waals surface area contributed by atoms with Crippen LogP contribution in [0.25, 0.3) is 0 Å². The van der Waals surface area contributed by atoms with Crippen LogP contribution in [0.3, 0.4) is 0 Å². The Kier molecular flexibility index (Phi) is 6.72.